The number of likely N-dealkylation sites (tertiary alicyclic amines) is 2. The van der Waals surface area contributed by atoms with Crippen molar-refractivity contribution in [3.63, 3.8) is 0 Å². The van der Waals surface area contributed by atoms with E-state index in [-0.39, 0.29) is 5.91 Å². The molecule has 0 atom stereocenters. The molecule has 5 heterocycles. The van der Waals surface area contributed by atoms with Gasteiger partial charge in [0, 0.05) is 56.4 Å². The first-order valence-electron chi connectivity index (χ1n) is 25.3. The highest BCUT2D eigenvalue weighted by atomic mass is 16.5. The van der Waals surface area contributed by atoms with Crippen LogP contribution in [0.4, 0.5) is 0 Å². The molecule has 4 aliphatic heterocycles. The third-order valence-corrected chi connectivity index (χ3v) is 14.2. The van der Waals surface area contributed by atoms with E-state index in [1.165, 1.54) is 91.4 Å². The summed E-state index contributed by atoms with van der Waals surface area (Å²) in [4.78, 5) is 17.9. The zero-order valence-electron chi connectivity index (χ0n) is 40.6. The third-order valence-electron chi connectivity index (χ3n) is 14.2. The molecule has 1 aromatic heterocycles. The Kier molecular flexibility index (Phi) is 16.1. The fraction of sp³-hybridized carbons (Fsp3) is 0.464. The van der Waals surface area contributed by atoms with Crippen LogP contribution in [0.25, 0.3) is 17.2 Å². The van der Waals surface area contributed by atoms with Crippen molar-refractivity contribution in [2.45, 2.75) is 105 Å². The summed E-state index contributed by atoms with van der Waals surface area (Å²) < 4.78 is 23.7. The lowest BCUT2D eigenvalue weighted by atomic mass is 9.48. The van der Waals surface area contributed by atoms with Gasteiger partial charge in [0.1, 0.15) is 36.2 Å². The van der Waals surface area contributed by atoms with Gasteiger partial charge in [-0.2, -0.15) is 0 Å². The normalized spacial score (nSPS) is 16.6. The molecule has 1 N–H and O–H groups in total. The first-order chi connectivity index (χ1) is 32.2. The van der Waals surface area contributed by atoms with E-state index in [9.17, 15) is 4.79 Å². The first kappa shape index (κ1) is 47.2. The number of allylic oxidation sites excluding steroid dienone is 3. The summed E-state index contributed by atoms with van der Waals surface area (Å²) in [5, 5.41) is 3.18. The number of rotatable bonds is 23. The molecule has 0 saturated carbocycles. The molecule has 9 nitrogen and oxygen atoms in total. The fourth-order valence-electron chi connectivity index (χ4n) is 10.9. The SMILES string of the molecule is CCC(=C(c1ccc(OCCN2CCCC2)cc1)c1ccc(OCCN2CCCC2)cc1)c1cccc(OCCCCCCNC(=O)CCC2=[N+]3C(=Cc4c(C)cc(C)n4[B-]3(C)C)C=C2)c1. The van der Waals surface area contributed by atoms with E-state index in [4.69, 9.17) is 14.2 Å². The van der Waals surface area contributed by atoms with Gasteiger partial charge in [-0.1, -0.05) is 56.2 Å². The minimum Gasteiger partial charge on any atom is -0.494 e. The van der Waals surface area contributed by atoms with Crippen LogP contribution in [0.15, 0.2) is 96.7 Å². The van der Waals surface area contributed by atoms with Crippen molar-refractivity contribution in [3.05, 3.63) is 130 Å². The lowest BCUT2D eigenvalue weighted by molar-refractivity contribution is -0.334. The van der Waals surface area contributed by atoms with Gasteiger partial charge in [-0.05, 0) is 167 Å². The Balaban J connectivity index is 0.828. The average Bonchev–Trinajstić information content (AvgIpc) is 4.16. The smallest absolute Gasteiger partial charge is 0.372 e. The Labute approximate surface area is 395 Å². The summed E-state index contributed by atoms with van der Waals surface area (Å²) in [6.07, 6.45) is 17.0. The van der Waals surface area contributed by atoms with Gasteiger partial charge in [-0.3, -0.25) is 14.6 Å². The van der Waals surface area contributed by atoms with E-state index in [0.717, 1.165) is 85.6 Å². The zero-order chi connectivity index (χ0) is 45.9. The fourth-order valence-corrected chi connectivity index (χ4v) is 10.9. The molecule has 0 spiro atoms. The molecule has 8 rings (SSSR count). The number of nitrogens with zero attached hydrogens (tertiary/aromatic N) is 4. The zero-order valence-corrected chi connectivity index (χ0v) is 40.6. The minimum absolute atomic E-state index is 0.125. The molecular weight excluding hydrogens is 817 g/mol. The summed E-state index contributed by atoms with van der Waals surface area (Å²) in [6, 6.07) is 28.2. The molecule has 2 saturated heterocycles. The molecule has 0 bridgehead atoms. The van der Waals surface area contributed by atoms with Crippen molar-refractivity contribution in [3.8, 4) is 17.2 Å². The van der Waals surface area contributed by atoms with Crippen LogP contribution in [-0.2, 0) is 4.79 Å². The van der Waals surface area contributed by atoms with Gasteiger partial charge in [0.2, 0.25) is 5.91 Å². The van der Waals surface area contributed by atoms with Gasteiger partial charge in [-0.15, -0.1) is 13.6 Å². The predicted octanol–water partition coefficient (Wildman–Crippen LogP) is 10.9. The summed E-state index contributed by atoms with van der Waals surface area (Å²) in [5.41, 5.74) is 12.3. The van der Waals surface area contributed by atoms with Gasteiger partial charge >= 0.3 is 6.42 Å². The maximum Gasteiger partial charge on any atom is 0.372 e. The van der Waals surface area contributed by atoms with Gasteiger partial charge in [0.15, 0.2) is 5.70 Å². The Hall–Kier alpha value is -5.32. The molecule has 0 unspecified atom stereocenters. The maximum atomic E-state index is 12.9. The van der Waals surface area contributed by atoms with Crippen molar-refractivity contribution in [2.75, 3.05) is 65.6 Å². The minimum atomic E-state index is -1.03. The number of benzene rings is 3. The highest BCUT2D eigenvalue weighted by molar-refractivity contribution is 6.69. The average molecular weight is 892 g/mol. The third kappa shape index (κ3) is 11.6. The van der Waals surface area contributed by atoms with Crippen LogP contribution in [0.1, 0.15) is 111 Å². The number of hydrogen-bond acceptors (Lipinski definition) is 6. The molecule has 0 aliphatic carbocycles. The monoisotopic (exact) mass is 892 g/mol. The summed E-state index contributed by atoms with van der Waals surface area (Å²) in [6.45, 7) is 20.7. The second-order valence-corrected chi connectivity index (χ2v) is 19.4. The van der Waals surface area contributed by atoms with E-state index in [1.807, 2.05) is 0 Å². The van der Waals surface area contributed by atoms with E-state index < -0.39 is 6.42 Å². The van der Waals surface area contributed by atoms with Crippen LogP contribution in [0, 0.1) is 13.8 Å². The molecule has 0 radical (unpaired) electrons. The lowest BCUT2D eigenvalue weighted by Crippen LogP contribution is -2.52. The van der Waals surface area contributed by atoms with E-state index in [2.05, 4.69) is 156 Å². The lowest BCUT2D eigenvalue weighted by Gasteiger charge is -2.37. The number of amides is 1. The number of carbonyl (C=O) groups is 1. The van der Waals surface area contributed by atoms with Crippen LogP contribution in [0.3, 0.4) is 0 Å². The number of carbonyl (C=O) groups excluding carboxylic acids is 1. The molecular formula is C56H74BN5O4. The molecule has 350 valence electrons. The van der Waals surface area contributed by atoms with Crippen LogP contribution >= 0.6 is 0 Å². The molecule has 4 aromatic rings. The van der Waals surface area contributed by atoms with Crippen molar-refractivity contribution >= 4 is 35.3 Å². The Morgan fingerprint density at radius 2 is 1.30 bits per heavy atom. The van der Waals surface area contributed by atoms with Crippen LogP contribution in [-0.4, -0.2) is 102 Å². The quantitative estimate of drug-likeness (QED) is 0.0454. The van der Waals surface area contributed by atoms with E-state index in [1.54, 1.807) is 0 Å². The van der Waals surface area contributed by atoms with Gasteiger partial charge in [0.05, 0.1) is 6.61 Å². The molecule has 66 heavy (non-hydrogen) atoms. The number of aromatic nitrogens is 1. The number of aryl methyl sites for hydroxylation is 2. The van der Waals surface area contributed by atoms with Gasteiger partial charge < -0.3 is 28.5 Å². The van der Waals surface area contributed by atoms with E-state index >= 15 is 0 Å². The van der Waals surface area contributed by atoms with Crippen LogP contribution < -0.4 is 19.5 Å². The number of nitrogens with one attached hydrogen (secondary N) is 1. The summed E-state index contributed by atoms with van der Waals surface area (Å²) in [5.74, 6) is 2.83. The topological polar surface area (TPSA) is 71.2 Å². The highest BCUT2D eigenvalue weighted by Gasteiger charge is 2.41. The number of unbranched alkanes of at least 4 members (excludes halogenated alkanes) is 3. The van der Waals surface area contributed by atoms with Crippen molar-refractivity contribution in [2.24, 2.45) is 0 Å². The largest absolute Gasteiger partial charge is 0.494 e. The van der Waals surface area contributed by atoms with Crippen molar-refractivity contribution in [1.29, 1.82) is 0 Å². The number of fused-ring (bicyclic) bond motifs is 2. The maximum absolute atomic E-state index is 12.9. The molecule has 3 aromatic carbocycles. The molecule has 1 amide bonds. The Morgan fingerprint density at radius 1 is 0.697 bits per heavy atom. The molecule has 10 heteroatoms. The van der Waals surface area contributed by atoms with E-state index in [0.29, 0.717) is 32.8 Å². The Bertz CT molecular complexity index is 2330. The predicted molar refractivity (Wildman–Crippen MR) is 273 cm³/mol. The van der Waals surface area contributed by atoms with Crippen molar-refractivity contribution in [1.82, 2.24) is 19.6 Å². The van der Waals surface area contributed by atoms with Crippen molar-refractivity contribution < 1.29 is 23.5 Å². The second kappa shape index (κ2) is 22.5. The van der Waals surface area contributed by atoms with Gasteiger partial charge in [-0.25, -0.2) is 0 Å². The second-order valence-electron chi connectivity index (χ2n) is 19.4. The van der Waals surface area contributed by atoms with Gasteiger partial charge in [0.25, 0.3) is 0 Å². The first-order valence-corrected chi connectivity index (χ1v) is 25.3. The van der Waals surface area contributed by atoms with Crippen LogP contribution in [0.2, 0.25) is 13.6 Å². The Morgan fingerprint density at radius 3 is 1.92 bits per heavy atom. The summed E-state index contributed by atoms with van der Waals surface area (Å²) in [7, 11) is 0. The highest BCUT2D eigenvalue weighted by Crippen LogP contribution is 2.37. The van der Waals surface area contributed by atoms with Crippen LogP contribution in [0.5, 0.6) is 17.2 Å². The molecule has 4 aliphatic rings. The summed E-state index contributed by atoms with van der Waals surface area (Å²) >= 11 is 0. The molecule has 2 fully saturated rings. The standard InChI is InChI=1S/C56H74BN5O4/c1-6-53(56(45-18-25-50(26-19-45)65-38-35-59-31-10-11-32-59)46-20-27-51(28-21-46)66-39-36-60-33-12-13-34-60)47-16-15-17-52(41-47)64-37-14-8-7-9-30-58-55(63)29-24-48-22-23-49-42-54-43(2)40-44(3)61(54)57(4,5)62(48)49/h15-23,25-28,40-42H,6-14,24,29-39H2,1-5H3,(H,58,63). The number of hydrogen-bond donors (Lipinski definition) is 1. The number of ether oxygens (including phenoxy) is 3.